The van der Waals surface area contributed by atoms with Crippen molar-refractivity contribution in [2.75, 3.05) is 0 Å². The van der Waals surface area contributed by atoms with Crippen LogP contribution in [0.5, 0.6) is 17.2 Å². The van der Waals surface area contributed by atoms with Crippen molar-refractivity contribution < 1.29 is 31.4 Å². The van der Waals surface area contributed by atoms with Crippen molar-refractivity contribution in [3.05, 3.63) is 149 Å². The lowest BCUT2D eigenvalue weighted by molar-refractivity contribution is -0.139. The third-order valence-electron chi connectivity index (χ3n) is 6.49. The summed E-state index contributed by atoms with van der Waals surface area (Å²) in [7, 11) is 0. The lowest BCUT2D eigenvalue weighted by atomic mass is 9.93. The molecule has 0 unspecified atom stereocenters. The van der Waals surface area contributed by atoms with Crippen LogP contribution in [0.3, 0.4) is 0 Å². The van der Waals surface area contributed by atoms with Crippen LogP contribution >= 0.6 is 0 Å². The molecule has 1 aliphatic rings. The Kier molecular flexibility index (Phi) is 9.07. The minimum absolute atomic E-state index is 0.0411. The number of benzene rings is 3. The first-order chi connectivity index (χ1) is 19.6. The fourth-order valence-corrected chi connectivity index (χ4v) is 4.32. The van der Waals surface area contributed by atoms with Crippen LogP contribution in [0, 0.1) is 11.6 Å². The van der Waals surface area contributed by atoms with Crippen molar-refractivity contribution in [2.45, 2.75) is 25.6 Å². The number of ether oxygens (including phenoxy) is 2. The maximum Gasteiger partial charge on any atom is 0.417 e. The Morgan fingerprint density at radius 2 is 1.32 bits per heavy atom. The van der Waals surface area contributed by atoms with Crippen LogP contribution < -0.4 is 9.47 Å². The summed E-state index contributed by atoms with van der Waals surface area (Å²) < 4.78 is 86.7. The zero-order valence-electron chi connectivity index (χ0n) is 22.1. The first-order valence-electron chi connectivity index (χ1n) is 12.7. The van der Waals surface area contributed by atoms with Gasteiger partial charge in [-0.3, -0.25) is 0 Å². The van der Waals surface area contributed by atoms with Gasteiger partial charge in [0.05, 0.1) is 5.56 Å². The topological polar surface area (TPSA) is 18.5 Å². The molecule has 0 amide bonds. The molecule has 0 bridgehead atoms. The van der Waals surface area contributed by atoms with E-state index in [1.54, 1.807) is 60.7 Å². The summed E-state index contributed by atoms with van der Waals surface area (Å²) in [6.45, 7) is 10.2. The molecular weight excluding hydrogens is 535 g/mol. The maximum atomic E-state index is 16.0. The van der Waals surface area contributed by atoms with E-state index in [9.17, 15) is 13.2 Å². The smallest absolute Gasteiger partial charge is 0.417 e. The van der Waals surface area contributed by atoms with Gasteiger partial charge in [-0.1, -0.05) is 86.5 Å². The average molecular weight is 563 g/mol. The molecule has 0 saturated carbocycles. The van der Waals surface area contributed by atoms with Crippen LogP contribution in [0.4, 0.5) is 22.0 Å². The molecule has 41 heavy (non-hydrogen) atoms. The fourth-order valence-electron chi connectivity index (χ4n) is 4.32. The van der Waals surface area contributed by atoms with Gasteiger partial charge in [-0.25, -0.2) is 8.78 Å². The summed E-state index contributed by atoms with van der Waals surface area (Å²) in [5.41, 5.74) is -0.349. The highest BCUT2D eigenvalue weighted by molar-refractivity contribution is 5.53. The molecule has 0 aromatic heterocycles. The molecular formula is C34H27F5O2. The number of halogens is 5. The van der Waals surface area contributed by atoms with E-state index in [1.165, 1.54) is 24.3 Å². The Morgan fingerprint density at radius 1 is 0.732 bits per heavy atom. The van der Waals surface area contributed by atoms with E-state index < -0.39 is 53.3 Å². The molecule has 4 rings (SSSR count). The molecule has 3 aromatic rings. The Labute approximate surface area is 235 Å². The standard InChI is InChI=1S/C34H27F5O2/c1-4-22-8-7-9-25(11-10-22)20-28-30(34(37,38)39)29(21-40-26-16-12-23(5-2)13-17-26)32(36)33(31(28)35)41-27-18-14-24(6-3)15-19-27/h4-6,8-19H,1-3,7,20-21H2. The van der Waals surface area contributed by atoms with Gasteiger partial charge in [0, 0.05) is 17.5 Å². The van der Waals surface area contributed by atoms with E-state index in [-0.39, 0.29) is 11.5 Å². The summed E-state index contributed by atoms with van der Waals surface area (Å²) in [5.74, 6) is -3.62. The number of hydrogen-bond donors (Lipinski definition) is 0. The second-order valence-corrected chi connectivity index (χ2v) is 9.16. The summed E-state index contributed by atoms with van der Waals surface area (Å²) in [6.07, 6.45) is 6.41. The number of alkyl halides is 3. The van der Waals surface area contributed by atoms with E-state index in [0.717, 1.165) is 16.7 Å². The molecule has 7 heteroatoms. The highest BCUT2D eigenvalue weighted by atomic mass is 19.4. The van der Waals surface area contributed by atoms with Crippen molar-refractivity contribution in [3.8, 4) is 17.2 Å². The molecule has 210 valence electrons. The van der Waals surface area contributed by atoms with Gasteiger partial charge in [0.15, 0.2) is 17.4 Å². The van der Waals surface area contributed by atoms with Gasteiger partial charge in [-0.2, -0.15) is 13.2 Å². The summed E-state index contributed by atoms with van der Waals surface area (Å²) in [4.78, 5) is 0. The minimum Gasteiger partial charge on any atom is -0.489 e. The third kappa shape index (κ3) is 6.92. The minimum atomic E-state index is -5.09. The number of rotatable bonds is 10. The molecule has 0 radical (unpaired) electrons. The maximum absolute atomic E-state index is 16.0. The molecule has 0 spiro atoms. The predicted octanol–water partition coefficient (Wildman–Crippen LogP) is 10.2. The first kappa shape index (κ1) is 29.3. The molecule has 0 saturated heterocycles. The quantitative estimate of drug-likeness (QED) is 0.229. The van der Waals surface area contributed by atoms with E-state index in [1.807, 2.05) is 6.08 Å². The van der Waals surface area contributed by atoms with Crippen LogP contribution in [0.2, 0.25) is 0 Å². The molecule has 3 aromatic carbocycles. The first-order valence-corrected chi connectivity index (χ1v) is 12.7. The monoisotopic (exact) mass is 562 g/mol. The number of allylic oxidation sites excluding steroid dienone is 7. The lowest BCUT2D eigenvalue weighted by Crippen LogP contribution is -2.19. The highest BCUT2D eigenvalue weighted by Gasteiger charge is 2.41. The molecule has 0 heterocycles. The van der Waals surface area contributed by atoms with Gasteiger partial charge >= 0.3 is 6.18 Å². The summed E-state index contributed by atoms with van der Waals surface area (Å²) in [6, 6.07) is 12.5. The average Bonchev–Trinajstić information content (AvgIpc) is 3.21. The van der Waals surface area contributed by atoms with Crippen molar-refractivity contribution in [1.29, 1.82) is 0 Å². The SMILES string of the molecule is C=CC1=CCC=C(Cc2c(F)c(Oc3ccc(C=C)cc3)c(F)c(COc3ccc(C=C)cc3)c2C(F)(F)F)C=C1. The van der Waals surface area contributed by atoms with Crippen molar-refractivity contribution >= 4 is 12.2 Å². The second kappa shape index (κ2) is 12.7. The molecule has 0 aliphatic heterocycles. The normalized spacial score (nSPS) is 13.1. The number of hydrogen-bond acceptors (Lipinski definition) is 2. The van der Waals surface area contributed by atoms with Gasteiger partial charge in [0.1, 0.15) is 18.1 Å². The van der Waals surface area contributed by atoms with E-state index in [2.05, 4.69) is 19.7 Å². The Morgan fingerprint density at radius 3 is 1.88 bits per heavy atom. The summed E-state index contributed by atoms with van der Waals surface area (Å²) in [5, 5.41) is 0. The van der Waals surface area contributed by atoms with Crippen molar-refractivity contribution in [3.63, 3.8) is 0 Å². The zero-order valence-corrected chi connectivity index (χ0v) is 22.1. The van der Waals surface area contributed by atoms with Crippen LogP contribution in [-0.4, -0.2) is 0 Å². The van der Waals surface area contributed by atoms with Gasteiger partial charge in [0.25, 0.3) is 0 Å². The lowest BCUT2D eigenvalue weighted by Gasteiger charge is -2.22. The predicted molar refractivity (Wildman–Crippen MR) is 153 cm³/mol. The molecule has 1 aliphatic carbocycles. The van der Waals surface area contributed by atoms with Gasteiger partial charge in [-0.05, 0) is 53.0 Å². The van der Waals surface area contributed by atoms with E-state index in [0.29, 0.717) is 12.0 Å². The second-order valence-electron chi connectivity index (χ2n) is 9.16. The van der Waals surface area contributed by atoms with Crippen molar-refractivity contribution in [2.24, 2.45) is 0 Å². The molecule has 0 N–H and O–H groups in total. The summed E-state index contributed by atoms with van der Waals surface area (Å²) >= 11 is 0. The molecule has 0 atom stereocenters. The molecule has 0 fully saturated rings. The highest BCUT2D eigenvalue weighted by Crippen LogP contribution is 2.44. The van der Waals surface area contributed by atoms with E-state index >= 15 is 8.78 Å². The largest absolute Gasteiger partial charge is 0.489 e. The Bertz CT molecular complexity index is 1540. The Hall–Kier alpha value is -4.65. The van der Waals surface area contributed by atoms with Crippen LogP contribution in [0.25, 0.3) is 12.2 Å². The van der Waals surface area contributed by atoms with Crippen LogP contribution in [0.1, 0.15) is 34.2 Å². The van der Waals surface area contributed by atoms with Gasteiger partial charge < -0.3 is 9.47 Å². The molecule has 2 nitrogen and oxygen atoms in total. The van der Waals surface area contributed by atoms with E-state index in [4.69, 9.17) is 9.47 Å². The third-order valence-corrected chi connectivity index (χ3v) is 6.49. The van der Waals surface area contributed by atoms with Crippen LogP contribution in [-0.2, 0) is 19.2 Å². The zero-order chi connectivity index (χ0) is 29.6. The van der Waals surface area contributed by atoms with Gasteiger partial charge in [-0.15, -0.1) is 0 Å². The Balaban J connectivity index is 1.84. The fraction of sp³-hybridized carbons (Fsp3) is 0.118. The van der Waals surface area contributed by atoms with Crippen molar-refractivity contribution in [1.82, 2.24) is 0 Å². The van der Waals surface area contributed by atoms with Crippen LogP contribution in [0.15, 0.2) is 110 Å². The van der Waals surface area contributed by atoms with Gasteiger partial charge in [0.2, 0.25) is 0 Å².